The number of nitrogens with one attached hydrogen (secondary N) is 8. The van der Waals surface area contributed by atoms with Gasteiger partial charge in [0.05, 0.1) is 19.1 Å². The van der Waals surface area contributed by atoms with E-state index < -0.39 is 139 Å². The number of primary amides is 1. The number of carbonyl (C=O) groups excluding carboxylic acids is 9. The first kappa shape index (κ1) is 59.3. The van der Waals surface area contributed by atoms with Crippen molar-refractivity contribution in [3.05, 3.63) is 65.7 Å². The fourth-order valence-corrected chi connectivity index (χ4v) is 6.92. The van der Waals surface area contributed by atoms with E-state index in [1.54, 1.807) is 50.4 Å². The van der Waals surface area contributed by atoms with Gasteiger partial charge in [0.25, 0.3) is 0 Å². The summed E-state index contributed by atoms with van der Waals surface area (Å²) in [5.74, 6) is -10.3. The van der Waals surface area contributed by atoms with E-state index in [1.165, 1.54) is 56.8 Å². The molecule has 9 amide bonds. The molecule has 25 heteroatoms. The van der Waals surface area contributed by atoms with Crippen LogP contribution < -0.4 is 54.0 Å². The van der Waals surface area contributed by atoms with Crippen LogP contribution in [0, 0.1) is 5.92 Å². The third kappa shape index (κ3) is 20.0. The summed E-state index contributed by atoms with van der Waals surface area (Å²) in [6.07, 6.45) is -0.988. The summed E-state index contributed by atoms with van der Waals surface area (Å²) in [6.45, 7) is 6.23. The molecule has 0 aliphatic rings. The highest BCUT2D eigenvalue weighted by Gasteiger charge is 2.36. The topological polar surface area (TPSA) is 400 Å². The maximum Gasteiger partial charge on any atom is 0.326 e. The second-order valence-electron chi connectivity index (χ2n) is 16.8. The fourth-order valence-electron chi connectivity index (χ4n) is 6.45. The van der Waals surface area contributed by atoms with Crippen LogP contribution in [-0.4, -0.2) is 159 Å². The second kappa shape index (κ2) is 29.3. The SMILES string of the molecule is CSCC[C@H](NC(=O)[C@@H](NC(=O)[C@H](C)NC(=O)[C@H](Cc1ccccc1)NC(=O)[C@H](CC(N)=O)NC(=O)[C@H](Cc1ccc(O)cc1)NC(=O)[C@@H](NC(=O)[C@H](C)NC(=O)[C@@H](N)CO)C(C)C)[C@@H](C)O)C(=O)O. The minimum absolute atomic E-state index is 0.0540. The Hall–Kier alpha value is -6.83. The Bertz CT molecular complexity index is 2130. The highest BCUT2D eigenvalue weighted by molar-refractivity contribution is 7.98. The normalized spacial score (nSPS) is 15.3. The zero-order valence-electron chi connectivity index (χ0n) is 39.7. The van der Waals surface area contributed by atoms with Crippen LogP contribution in [0.25, 0.3) is 0 Å². The molecule has 24 nitrogen and oxygen atoms in total. The lowest BCUT2D eigenvalue weighted by Gasteiger charge is -2.28. The Kier molecular flexibility index (Phi) is 24.8. The Morgan fingerprint density at radius 1 is 0.571 bits per heavy atom. The molecule has 0 aromatic heterocycles. The summed E-state index contributed by atoms with van der Waals surface area (Å²) in [5.41, 5.74) is 12.0. The lowest BCUT2D eigenvalue weighted by atomic mass is 10.00. The number of phenols is 1. The van der Waals surface area contributed by atoms with Crippen molar-refractivity contribution in [1.29, 1.82) is 0 Å². The van der Waals surface area contributed by atoms with Crippen LogP contribution >= 0.6 is 11.8 Å². The molecular weight excluding hydrogens is 937 g/mol. The molecule has 0 aliphatic heterocycles. The van der Waals surface area contributed by atoms with Gasteiger partial charge < -0.3 is 74.4 Å². The number of amides is 9. The number of hydrogen-bond donors (Lipinski definition) is 14. The van der Waals surface area contributed by atoms with Gasteiger partial charge in [0.1, 0.15) is 60.1 Å². The Morgan fingerprint density at radius 3 is 1.50 bits per heavy atom. The van der Waals surface area contributed by atoms with Crippen molar-refractivity contribution >= 4 is 70.9 Å². The van der Waals surface area contributed by atoms with E-state index in [2.05, 4.69) is 42.5 Å². The fraction of sp³-hybridized carbons (Fsp3) is 0.511. The quantitative estimate of drug-likeness (QED) is 0.0371. The van der Waals surface area contributed by atoms with Crippen LogP contribution in [-0.2, 0) is 60.8 Å². The van der Waals surface area contributed by atoms with Crippen LogP contribution in [0.5, 0.6) is 5.75 Å². The van der Waals surface area contributed by atoms with Crippen molar-refractivity contribution in [3.8, 4) is 5.75 Å². The lowest BCUT2D eigenvalue weighted by Crippen LogP contribution is -2.61. The number of aliphatic hydroxyl groups excluding tert-OH is 2. The van der Waals surface area contributed by atoms with Gasteiger partial charge in [-0.25, -0.2) is 4.79 Å². The van der Waals surface area contributed by atoms with Crippen molar-refractivity contribution in [2.45, 2.75) is 121 Å². The van der Waals surface area contributed by atoms with Crippen LogP contribution in [0.2, 0.25) is 0 Å². The van der Waals surface area contributed by atoms with Gasteiger partial charge >= 0.3 is 5.97 Å². The van der Waals surface area contributed by atoms with E-state index in [0.717, 1.165) is 0 Å². The Balaban J connectivity index is 2.41. The first-order valence-electron chi connectivity index (χ1n) is 22.2. The maximum absolute atomic E-state index is 14.2. The number of hydrogen-bond acceptors (Lipinski definition) is 15. The number of nitrogens with two attached hydrogens (primary N) is 2. The van der Waals surface area contributed by atoms with Gasteiger partial charge in [0.15, 0.2) is 0 Å². The molecule has 10 atom stereocenters. The van der Waals surface area contributed by atoms with E-state index in [4.69, 9.17) is 11.5 Å². The van der Waals surface area contributed by atoms with Gasteiger partial charge in [-0.05, 0) is 68.4 Å². The van der Waals surface area contributed by atoms with E-state index >= 15 is 0 Å². The zero-order chi connectivity index (χ0) is 52.8. The van der Waals surface area contributed by atoms with Gasteiger partial charge in [-0.1, -0.05) is 56.3 Å². The molecule has 0 saturated heterocycles. The number of aliphatic hydroxyl groups is 2. The molecule has 0 bridgehead atoms. The van der Waals surface area contributed by atoms with Crippen molar-refractivity contribution in [1.82, 2.24) is 42.5 Å². The smallest absolute Gasteiger partial charge is 0.326 e. The summed E-state index contributed by atoms with van der Waals surface area (Å²) < 4.78 is 0. The van der Waals surface area contributed by atoms with Crippen LogP contribution in [0.3, 0.4) is 0 Å². The number of carboxylic acids is 1. The van der Waals surface area contributed by atoms with Gasteiger partial charge in [-0.15, -0.1) is 0 Å². The number of aromatic hydroxyl groups is 1. The first-order valence-corrected chi connectivity index (χ1v) is 23.6. The first-order chi connectivity index (χ1) is 32.9. The van der Waals surface area contributed by atoms with Gasteiger partial charge in [-0.3, -0.25) is 43.2 Å². The van der Waals surface area contributed by atoms with E-state index in [1.807, 2.05) is 0 Å². The number of carboxylic acid groups (broad SMARTS) is 1. The molecule has 2 rings (SSSR count). The lowest BCUT2D eigenvalue weighted by molar-refractivity contribution is -0.143. The average Bonchev–Trinajstić information content (AvgIpc) is 3.30. The zero-order valence-corrected chi connectivity index (χ0v) is 40.5. The molecule has 0 aliphatic carbocycles. The van der Waals surface area contributed by atoms with Crippen molar-refractivity contribution in [2.75, 3.05) is 18.6 Å². The standard InChI is InChI=1S/C45H66N10O14S/c1-22(2)35(54-37(60)23(3)48-39(62)29(46)21-56)43(66)53-32(19-27-12-14-28(58)15-13-27)41(64)52-33(20-34(47)59)42(65)51-31(18-26-10-8-7-9-11-26)40(63)49-24(4)38(61)55-36(25(5)57)44(67)50-30(45(68)69)16-17-70-6/h7-15,22-25,29-33,35-36,56-58H,16-21,46H2,1-6H3,(H2,47,59)(H,48,62)(H,49,63)(H,50,67)(H,51,65)(H,52,64)(H,53,66)(H,54,60)(H,55,61)(H,68,69)/t23-,24-,25+,29-,30-,31-,32-,33-,35-,36-/m0/s1. The summed E-state index contributed by atoms with van der Waals surface area (Å²) >= 11 is 1.35. The van der Waals surface area contributed by atoms with E-state index in [-0.39, 0.29) is 25.0 Å². The van der Waals surface area contributed by atoms with Crippen LogP contribution in [0.1, 0.15) is 58.6 Å². The van der Waals surface area contributed by atoms with E-state index in [0.29, 0.717) is 16.9 Å². The minimum Gasteiger partial charge on any atom is -0.508 e. The molecular formula is C45H66N10O14S. The molecule has 70 heavy (non-hydrogen) atoms. The average molecular weight is 1000 g/mol. The second-order valence-corrected chi connectivity index (χ2v) is 17.8. The summed E-state index contributed by atoms with van der Waals surface area (Å²) in [4.78, 5) is 132. The predicted octanol–water partition coefficient (Wildman–Crippen LogP) is -3.83. The predicted molar refractivity (Wildman–Crippen MR) is 255 cm³/mol. The number of carbonyl (C=O) groups is 10. The van der Waals surface area contributed by atoms with Crippen LogP contribution in [0.15, 0.2) is 54.6 Å². The summed E-state index contributed by atoms with van der Waals surface area (Å²) in [7, 11) is 0. The van der Waals surface area contributed by atoms with Gasteiger partial charge in [0.2, 0.25) is 53.2 Å². The van der Waals surface area contributed by atoms with Crippen molar-refractivity contribution in [3.63, 3.8) is 0 Å². The van der Waals surface area contributed by atoms with Crippen molar-refractivity contribution in [2.24, 2.45) is 17.4 Å². The molecule has 0 fully saturated rings. The van der Waals surface area contributed by atoms with E-state index in [9.17, 15) is 68.4 Å². The molecule has 0 saturated carbocycles. The molecule has 2 aromatic carbocycles. The highest BCUT2D eigenvalue weighted by Crippen LogP contribution is 2.14. The van der Waals surface area contributed by atoms with Gasteiger partial charge in [-0.2, -0.15) is 11.8 Å². The molecule has 0 unspecified atom stereocenters. The third-order valence-corrected chi connectivity index (χ3v) is 11.2. The number of thioether (sulfide) groups is 1. The number of phenolic OH excluding ortho intramolecular Hbond substituents is 1. The number of rotatable bonds is 29. The summed E-state index contributed by atoms with van der Waals surface area (Å²) in [5, 5.41) is 58.3. The minimum atomic E-state index is -1.78. The molecule has 16 N–H and O–H groups in total. The third-order valence-electron chi connectivity index (χ3n) is 10.5. The molecule has 2 aromatic rings. The molecule has 0 spiro atoms. The number of benzene rings is 2. The highest BCUT2D eigenvalue weighted by atomic mass is 32.2. The number of aliphatic carboxylic acids is 1. The monoisotopic (exact) mass is 1000 g/mol. The Labute approximate surface area is 409 Å². The maximum atomic E-state index is 14.2. The molecule has 0 heterocycles. The largest absolute Gasteiger partial charge is 0.508 e. The molecule has 0 radical (unpaired) electrons. The van der Waals surface area contributed by atoms with Crippen LogP contribution in [0.4, 0.5) is 0 Å². The van der Waals surface area contributed by atoms with Crippen molar-refractivity contribution < 1.29 is 68.4 Å². The Morgan fingerprint density at radius 2 is 1.01 bits per heavy atom. The molecule has 386 valence electrons. The van der Waals surface area contributed by atoms with Gasteiger partial charge in [0, 0.05) is 12.8 Å². The summed E-state index contributed by atoms with van der Waals surface area (Å²) in [6, 6.07) is 0.770.